The Labute approximate surface area is 228 Å². The maximum absolute atomic E-state index is 13.6. The molecule has 0 radical (unpaired) electrons. The molecule has 2 aromatic heterocycles. The fourth-order valence-corrected chi connectivity index (χ4v) is 4.66. The second kappa shape index (κ2) is 12.3. The van der Waals surface area contributed by atoms with Crippen molar-refractivity contribution in [1.29, 1.82) is 0 Å². The highest BCUT2D eigenvalue weighted by molar-refractivity contribution is 5.91. The molecule has 0 fully saturated rings. The Hall–Kier alpha value is -3.91. The quantitative estimate of drug-likeness (QED) is 0.303. The fourth-order valence-electron chi connectivity index (χ4n) is 4.66. The number of hydrogen-bond acceptors (Lipinski definition) is 5. The lowest BCUT2D eigenvalue weighted by Gasteiger charge is -2.14. The van der Waals surface area contributed by atoms with Gasteiger partial charge in [0.1, 0.15) is 17.7 Å². The predicted octanol–water partition coefficient (Wildman–Crippen LogP) is 4.72. The molecule has 2 heterocycles. The van der Waals surface area contributed by atoms with Gasteiger partial charge in [-0.05, 0) is 41.5 Å². The molecule has 0 saturated heterocycles. The first-order valence-electron chi connectivity index (χ1n) is 13.5. The standard InChI is InChI=1S/C31H38N4O4/c1-21(2)14-15-25(23-10-7-6-8-11-23)20-35-28(24-12-9-13-26(18-24)39-17-16-36)27-29(32-35)34(19-22(3)4)31(38)33(5)30(27)37/h6-13,15,18,21-22,36H,14,16-17,19-20H2,1-5H3/b25-15+. The van der Waals surface area contributed by atoms with Crippen LogP contribution in [-0.2, 0) is 20.1 Å². The normalized spacial score (nSPS) is 12.2. The highest BCUT2D eigenvalue weighted by atomic mass is 16.5. The first-order chi connectivity index (χ1) is 18.7. The summed E-state index contributed by atoms with van der Waals surface area (Å²) in [6.07, 6.45) is 3.13. The molecule has 0 atom stereocenters. The highest BCUT2D eigenvalue weighted by Crippen LogP contribution is 2.31. The number of aromatic nitrogens is 4. The summed E-state index contributed by atoms with van der Waals surface area (Å²) in [5.41, 5.74) is 3.16. The van der Waals surface area contributed by atoms with E-state index in [-0.39, 0.29) is 30.4 Å². The third-order valence-corrected chi connectivity index (χ3v) is 6.54. The van der Waals surface area contributed by atoms with Crippen molar-refractivity contribution in [1.82, 2.24) is 18.9 Å². The van der Waals surface area contributed by atoms with Gasteiger partial charge in [0.15, 0.2) is 5.65 Å². The molecule has 8 heteroatoms. The van der Waals surface area contributed by atoms with Crippen molar-refractivity contribution in [3.05, 3.63) is 87.1 Å². The molecule has 4 rings (SSSR count). The molecule has 0 saturated carbocycles. The average molecular weight is 531 g/mol. The average Bonchev–Trinajstić information content (AvgIpc) is 3.30. The van der Waals surface area contributed by atoms with Crippen LogP contribution in [0, 0.1) is 11.8 Å². The zero-order valence-electron chi connectivity index (χ0n) is 23.4. The molecule has 206 valence electrons. The maximum Gasteiger partial charge on any atom is 0.332 e. The van der Waals surface area contributed by atoms with E-state index in [0.29, 0.717) is 41.5 Å². The van der Waals surface area contributed by atoms with E-state index in [9.17, 15) is 14.7 Å². The summed E-state index contributed by atoms with van der Waals surface area (Å²) in [7, 11) is 1.51. The summed E-state index contributed by atoms with van der Waals surface area (Å²) in [6.45, 7) is 9.34. The van der Waals surface area contributed by atoms with Gasteiger partial charge in [-0.2, -0.15) is 5.10 Å². The molecular weight excluding hydrogens is 492 g/mol. The Kier molecular flexibility index (Phi) is 8.86. The number of ether oxygens (including phenoxy) is 1. The van der Waals surface area contributed by atoms with Gasteiger partial charge in [-0.25, -0.2) is 4.79 Å². The monoisotopic (exact) mass is 530 g/mol. The number of hydrogen-bond donors (Lipinski definition) is 1. The third-order valence-electron chi connectivity index (χ3n) is 6.54. The Morgan fingerprint density at radius 2 is 1.77 bits per heavy atom. The summed E-state index contributed by atoms with van der Waals surface area (Å²) < 4.78 is 10.3. The van der Waals surface area contributed by atoms with Gasteiger partial charge in [0.05, 0.1) is 18.8 Å². The van der Waals surface area contributed by atoms with E-state index >= 15 is 0 Å². The van der Waals surface area contributed by atoms with Crippen molar-refractivity contribution in [2.45, 2.75) is 47.2 Å². The summed E-state index contributed by atoms with van der Waals surface area (Å²) in [5, 5.41) is 14.6. The van der Waals surface area contributed by atoms with Crippen LogP contribution in [0.1, 0.15) is 39.7 Å². The summed E-state index contributed by atoms with van der Waals surface area (Å²) in [6, 6.07) is 17.6. The summed E-state index contributed by atoms with van der Waals surface area (Å²) in [5.74, 6) is 1.23. The number of nitrogens with zero attached hydrogens (tertiary/aromatic N) is 4. The number of rotatable bonds is 11. The molecule has 2 aromatic carbocycles. The van der Waals surface area contributed by atoms with Crippen LogP contribution >= 0.6 is 0 Å². The third kappa shape index (κ3) is 6.23. The predicted molar refractivity (Wildman–Crippen MR) is 156 cm³/mol. The van der Waals surface area contributed by atoms with Crippen LogP contribution in [0.4, 0.5) is 0 Å². The van der Waals surface area contributed by atoms with Gasteiger partial charge in [-0.3, -0.25) is 18.6 Å². The van der Waals surface area contributed by atoms with Crippen molar-refractivity contribution in [3.8, 4) is 17.0 Å². The second-order valence-electron chi connectivity index (χ2n) is 10.7. The van der Waals surface area contributed by atoms with Crippen LogP contribution in [0.2, 0.25) is 0 Å². The second-order valence-corrected chi connectivity index (χ2v) is 10.7. The van der Waals surface area contributed by atoms with Gasteiger partial charge in [0.2, 0.25) is 0 Å². The first kappa shape index (κ1) is 28.1. The van der Waals surface area contributed by atoms with Gasteiger partial charge in [-0.1, -0.05) is 76.2 Å². The van der Waals surface area contributed by atoms with E-state index < -0.39 is 0 Å². The number of aliphatic hydroxyl groups is 1. The molecule has 39 heavy (non-hydrogen) atoms. The number of benzene rings is 2. The van der Waals surface area contributed by atoms with Crippen LogP contribution in [0.5, 0.6) is 5.75 Å². The lowest BCUT2D eigenvalue weighted by Crippen LogP contribution is -2.38. The van der Waals surface area contributed by atoms with Crippen LogP contribution in [-0.4, -0.2) is 37.2 Å². The molecule has 0 amide bonds. The van der Waals surface area contributed by atoms with Gasteiger partial charge in [-0.15, -0.1) is 0 Å². The zero-order chi connectivity index (χ0) is 28.1. The maximum atomic E-state index is 13.6. The van der Waals surface area contributed by atoms with E-state index in [0.717, 1.165) is 23.1 Å². The molecule has 0 spiro atoms. The number of aliphatic hydroxyl groups excluding tert-OH is 1. The van der Waals surface area contributed by atoms with Crippen LogP contribution < -0.4 is 16.0 Å². The molecule has 4 aromatic rings. The minimum atomic E-state index is -0.384. The Morgan fingerprint density at radius 1 is 1.03 bits per heavy atom. The lowest BCUT2D eigenvalue weighted by atomic mass is 10.0. The van der Waals surface area contributed by atoms with E-state index in [1.54, 1.807) is 4.57 Å². The van der Waals surface area contributed by atoms with Crippen LogP contribution in [0.15, 0.2) is 70.3 Å². The first-order valence-corrected chi connectivity index (χ1v) is 13.5. The van der Waals surface area contributed by atoms with Crippen molar-refractivity contribution in [2.75, 3.05) is 13.2 Å². The SMILES string of the molecule is CC(C)C/C=C(\Cn1nc2c(c1-c1cccc(OCCO)c1)c(=O)n(C)c(=O)n2CC(C)C)c1ccccc1. The van der Waals surface area contributed by atoms with E-state index in [1.165, 1.54) is 11.6 Å². The smallest absolute Gasteiger partial charge is 0.332 e. The van der Waals surface area contributed by atoms with E-state index in [4.69, 9.17) is 9.84 Å². The van der Waals surface area contributed by atoms with Crippen molar-refractivity contribution < 1.29 is 9.84 Å². The Bertz CT molecular complexity index is 1580. The lowest BCUT2D eigenvalue weighted by molar-refractivity contribution is 0.201. The highest BCUT2D eigenvalue weighted by Gasteiger charge is 2.23. The minimum absolute atomic E-state index is 0.103. The van der Waals surface area contributed by atoms with Gasteiger partial charge in [0, 0.05) is 19.2 Å². The van der Waals surface area contributed by atoms with Crippen LogP contribution in [0.3, 0.4) is 0 Å². The van der Waals surface area contributed by atoms with Crippen molar-refractivity contribution in [2.24, 2.45) is 18.9 Å². The molecule has 8 nitrogen and oxygen atoms in total. The van der Waals surface area contributed by atoms with Crippen molar-refractivity contribution >= 4 is 16.6 Å². The van der Waals surface area contributed by atoms with Gasteiger partial charge >= 0.3 is 5.69 Å². The molecular formula is C31H38N4O4. The Morgan fingerprint density at radius 3 is 2.44 bits per heavy atom. The van der Waals surface area contributed by atoms with E-state index in [2.05, 4.69) is 32.1 Å². The molecule has 0 bridgehead atoms. The Balaban J connectivity index is 2.01. The zero-order valence-corrected chi connectivity index (χ0v) is 23.4. The molecule has 0 aliphatic heterocycles. The minimum Gasteiger partial charge on any atom is -0.491 e. The van der Waals surface area contributed by atoms with Gasteiger partial charge < -0.3 is 9.84 Å². The summed E-state index contributed by atoms with van der Waals surface area (Å²) in [4.78, 5) is 26.9. The molecule has 1 N–H and O–H groups in total. The van der Waals surface area contributed by atoms with E-state index in [1.807, 2.05) is 61.0 Å². The molecule has 0 aliphatic carbocycles. The van der Waals surface area contributed by atoms with Crippen molar-refractivity contribution in [3.63, 3.8) is 0 Å². The largest absolute Gasteiger partial charge is 0.491 e. The topological polar surface area (TPSA) is 91.3 Å². The summed E-state index contributed by atoms with van der Waals surface area (Å²) >= 11 is 0. The fraction of sp³-hybridized carbons (Fsp3) is 0.387. The van der Waals surface area contributed by atoms with Crippen LogP contribution in [0.25, 0.3) is 27.9 Å². The number of allylic oxidation sites excluding steroid dienone is 2. The number of fused-ring (bicyclic) bond motifs is 1. The molecule has 0 unspecified atom stereocenters. The molecule has 0 aliphatic rings. The van der Waals surface area contributed by atoms with Gasteiger partial charge in [0.25, 0.3) is 5.56 Å².